The van der Waals surface area contributed by atoms with E-state index >= 15 is 0 Å². The summed E-state index contributed by atoms with van der Waals surface area (Å²) in [7, 11) is 0. The van der Waals surface area contributed by atoms with E-state index in [-0.39, 0.29) is 29.9 Å². The Morgan fingerprint density at radius 2 is 1.97 bits per heavy atom. The number of para-hydroxylation sites is 1. The van der Waals surface area contributed by atoms with Crippen molar-refractivity contribution < 1.29 is 14.1 Å². The molecule has 0 radical (unpaired) electrons. The number of hydrogen-bond acceptors (Lipinski definition) is 5. The quantitative estimate of drug-likeness (QED) is 0.683. The average molecular weight is 391 g/mol. The van der Waals surface area contributed by atoms with Gasteiger partial charge in [-0.25, -0.2) is 0 Å². The summed E-state index contributed by atoms with van der Waals surface area (Å²) in [5, 5.41) is 3.95. The Hall–Kier alpha value is -3.35. The van der Waals surface area contributed by atoms with Crippen LogP contribution in [0.4, 0.5) is 0 Å². The first kappa shape index (κ1) is 17.7. The van der Waals surface area contributed by atoms with Crippen LogP contribution in [0.1, 0.15) is 34.3 Å². The molecular formula is C22H21N3O4. The lowest BCUT2D eigenvalue weighted by Crippen LogP contribution is -2.49. The van der Waals surface area contributed by atoms with Gasteiger partial charge in [-0.1, -0.05) is 29.4 Å². The number of carbonyl (C=O) groups is 1. The molecule has 1 fully saturated rings. The first-order valence-electron chi connectivity index (χ1n) is 9.80. The van der Waals surface area contributed by atoms with Crippen molar-refractivity contribution in [3.05, 3.63) is 82.1 Å². The number of fused-ring (bicyclic) bond motifs is 4. The van der Waals surface area contributed by atoms with E-state index in [0.29, 0.717) is 31.1 Å². The van der Waals surface area contributed by atoms with Crippen LogP contribution in [0.3, 0.4) is 0 Å². The highest BCUT2D eigenvalue weighted by molar-refractivity contribution is 5.92. The third kappa shape index (κ3) is 3.44. The van der Waals surface area contributed by atoms with E-state index in [1.165, 1.54) is 0 Å². The molecule has 4 heterocycles. The molecule has 0 aliphatic carbocycles. The monoisotopic (exact) mass is 391 g/mol. The fourth-order valence-corrected chi connectivity index (χ4v) is 4.38. The third-order valence-corrected chi connectivity index (χ3v) is 5.67. The summed E-state index contributed by atoms with van der Waals surface area (Å²) < 4.78 is 12.8. The summed E-state index contributed by atoms with van der Waals surface area (Å²) in [5.41, 5.74) is 1.35. The maximum Gasteiger partial charge on any atom is 0.276 e. The van der Waals surface area contributed by atoms with Crippen LogP contribution in [-0.2, 0) is 13.2 Å². The van der Waals surface area contributed by atoms with E-state index in [2.05, 4.69) is 5.16 Å². The normalized spacial score (nSPS) is 20.2. The molecule has 1 aromatic carbocycles. The van der Waals surface area contributed by atoms with Gasteiger partial charge in [0.1, 0.15) is 12.4 Å². The van der Waals surface area contributed by atoms with E-state index in [9.17, 15) is 9.59 Å². The Bertz CT molecular complexity index is 1090. The summed E-state index contributed by atoms with van der Waals surface area (Å²) in [6.45, 7) is 2.08. The topological polar surface area (TPSA) is 77.6 Å². The molecule has 0 spiro atoms. The van der Waals surface area contributed by atoms with Crippen LogP contribution < -0.4 is 10.3 Å². The standard InChI is InChI=1S/C22H21N3O4/c26-21-8-4-7-20-16-9-15(12-25(20)21)11-24(13-16)22(27)19-10-18(29-23-19)14-28-17-5-2-1-3-6-17/h1-8,10,15-16H,9,11-14H2. The number of pyridine rings is 1. The van der Waals surface area contributed by atoms with Crippen molar-refractivity contribution in [3.63, 3.8) is 0 Å². The van der Waals surface area contributed by atoms with Crippen molar-refractivity contribution in [3.8, 4) is 5.75 Å². The van der Waals surface area contributed by atoms with Gasteiger partial charge in [-0.3, -0.25) is 9.59 Å². The van der Waals surface area contributed by atoms with Crippen molar-refractivity contribution in [2.45, 2.75) is 25.5 Å². The first-order chi connectivity index (χ1) is 14.2. The van der Waals surface area contributed by atoms with Gasteiger partial charge in [-0.2, -0.15) is 0 Å². The maximum atomic E-state index is 13.0. The molecule has 0 saturated carbocycles. The molecule has 2 bridgehead atoms. The number of piperidine rings is 1. The molecule has 7 heteroatoms. The zero-order valence-electron chi connectivity index (χ0n) is 15.9. The van der Waals surface area contributed by atoms with Crippen LogP contribution >= 0.6 is 0 Å². The van der Waals surface area contributed by atoms with Gasteiger partial charge in [0, 0.05) is 43.4 Å². The number of aromatic nitrogens is 2. The van der Waals surface area contributed by atoms with E-state index < -0.39 is 0 Å². The molecule has 29 heavy (non-hydrogen) atoms. The fourth-order valence-electron chi connectivity index (χ4n) is 4.38. The predicted molar refractivity (Wildman–Crippen MR) is 105 cm³/mol. The SMILES string of the molecule is O=C(c1cc(COc2ccccc2)on1)N1CC2CC(C1)c1cccc(=O)n1C2. The molecule has 7 nitrogen and oxygen atoms in total. The number of rotatable bonds is 4. The summed E-state index contributed by atoms with van der Waals surface area (Å²) in [6.07, 6.45) is 1.00. The summed E-state index contributed by atoms with van der Waals surface area (Å²) in [4.78, 5) is 27.0. The molecule has 0 N–H and O–H groups in total. The van der Waals surface area contributed by atoms with Gasteiger partial charge in [0.05, 0.1) is 0 Å². The van der Waals surface area contributed by atoms with Crippen molar-refractivity contribution in [2.24, 2.45) is 5.92 Å². The second-order valence-electron chi connectivity index (χ2n) is 7.69. The number of hydrogen-bond donors (Lipinski definition) is 0. The molecule has 5 rings (SSSR count). The van der Waals surface area contributed by atoms with E-state index in [0.717, 1.165) is 17.9 Å². The molecule has 2 aromatic heterocycles. The van der Waals surface area contributed by atoms with Crippen LogP contribution in [0, 0.1) is 5.92 Å². The first-order valence-corrected chi connectivity index (χ1v) is 9.80. The molecule has 3 aromatic rings. The summed E-state index contributed by atoms with van der Waals surface area (Å²) in [6, 6.07) is 16.5. The van der Waals surface area contributed by atoms with Crippen molar-refractivity contribution in [2.75, 3.05) is 13.1 Å². The summed E-state index contributed by atoms with van der Waals surface area (Å²) >= 11 is 0. The highest BCUT2D eigenvalue weighted by atomic mass is 16.5. The lowest BCUT2D eigenvalue weighted by molar-refractivity contribution is 0.0584. The Balaban J connectivity index is 1.28. The Labute approximate surface area is 167 Å². The van der Waals surface area contributed by atoms with Gasteiger partial charge in [-0.05, 0) is 30.5 Å². The lowest BCUT2D eigenvalue weighted by Gasteiger charge is -2.42. The number of benzene rings is 1. The van der Waals surface area contributed by atoms with Gasteiger partial charge in [-0.15, -0.1) is 0 Å². The minimum Gasteiger partial charge on any atom is -0.486 e. The highest BCUT2D eigenvalue weighted by Gasteiger charge is 2.37. The number of carbonyl (C=O) groups excluding carboxylic acids is 1. The van der Waals surface area contributed by atoms with Crippen LogP contribution in [-0.4, -0.2) is 33.6 Å². The molecule has 148 valence electrons. The smallest absolute Gasteiger partial charge is 0.276 e. The van der Waals surface area contributed by atoms with E-state index in [1.54, 1.807) is 18.2 Å². The molecule has 1 amide bonds. The lowest BCUT2D eigenvalue weighted by atomic mass is 9.83. The Morgan fingerprint density at radius 3 is 2.83 bits per heavy atom. The zero-order chi connectivity index (χ0) is 19.8. The second kappa shape index (κ2) is 7.24. The molecule has 1 saturated heterocycles. The van der Waals surface area contributed by atoms with Gasteiger partial charge in [0.2, 0.25) is 0 Å². The highest BCUT2D eigenvalue weighted by Crippen LogP contribution is 2.35. The Kier molecular flexibility index (Phi) is 4.42. The number of nitrogens with zero attached hydrogens (tertiary/aromatic N) is 3. The summed E-state index contributed by atoms with van der Waals surface area (Å²) in [5.74, 6) is 1.55. The van der Waals surface area contributed by atoms with Gasteiger partial charge in [0.15, 0.2) is 11.5 Å². The predicted octanol–water partition coefficient (Wildman–Crippen LogP) is 2.67. The van der Waals surface area contributed by atoms with E-state index in [4.69, 9.17) is 9.26 Å². The zero-order valence-corrected chi connectivity index (χ0v) is 15.9. The molecule has 2 unspecified atom stereocenters. The van der Waals surface area contributed by atoms with Crippen LogP contribution in [0.2, 0.25) is 0 Å². The van der Waals surface area contributed by atoms with Crippen LogP contribution in [0.5, 0.6) is 5.75 Å². The van der Waals surface area contributed by atoms with Gasteiger partial charge < -0.3 is 18.7 Å². The fraction of sp³-hybridized carbons (Fsp3) is 0.318. The largest absolute Gasteiger partial charge is 0.486 e. The average Bonchev–Trinajstić information content (AvgIpc) is 3.22. The number of likely N-dealkylation sites (tertiary alicyclic amines) is 1. The Morgan fingerprint density at radius 1 is 1.10 bits per heavy atom. The number of ether oxygens (including phenoxy) is 1. The number of amides is 1. The van der Waals surface area contributed by atoms with Gasteiger partial charge in [0.25, 0.3) is 11.5 Å². The second-order valence-corrected chi connectivity index (χ2v) is 7.69. The minimum atomic E-state index is -0.138. The van der Waals surface area contributed by atoms with Crippen molar-refractivity contribution in [1.82, 2.24) is 14.6 Å². The molecule has 2 aliphatic heterocycles. The molecule has 2 aliphatic rings. The molecule has 2 atom stereocenters. The minimum absolute atomic E-state index is 0.0385. The van der Waals surface area contributed by atoms with Crippen LogP contribution in [0.25, 0.3) is 0 Å². The molecular weight excluding hydrogens is 370 g/mol. The maximum absolute atomic E-state index is 13.0. The van der Waals surface area contributed by atoms with Gasteiger partial charge >= 0.3 is 0 Å². The van der Waals surface area contributed by atoms with Crippen LogP contribution in [0.15, 0.2) is 63.9 Å². The third-order valence-electron chi connectivity index (χ3n) is 5.67. The van der Waals surface area contributed by atoms with E-state index in [1.807, 2.05) is 45.9 Å². The van der Waals surface area contributed by atoms with Crippen molar-refractivity contribution >= 4 is 5.91 Å². The van der Waals surface area contributed by atoms with Crippen molar-refractivity contribution in [1.29, 1.82) is 0 Å².